The monoisotopic (exact) mass is 259 g/mol. The normalized spacial score (nSPS) is 42.4. The molecule has 3 heteroatoms. The number of rotatable bonds is 1. The maximum absolute atomic E-state index is 11.9. The number of halogens is 1. The van der Waals surface area contributed by atoms with Crippen LogP contribution in [-0.2, 0) is 4.79 Å². The van der Waals surface area contributed by atoms with Crippen molar-refractivity contribution in [1.82, 2.24) is 4.90 Å². The minimum atomic E-state index is 0.350. The van der Waals surface area contributed by atoms with E-state index in [-0.39, 0.29) is 0 Å². The van der Waals surface area contributed by atoms with Gasteiger partial charge >= 0.3 is 0 Å². The van der Waals surface area contributed by atoms with Crippen molar-refractivity contribution in [3.63, 3.8) is 0 Å². The Morgan fingerprint density at radius 3 is 2.50 bits per heavy atom. The molecule has 1 amide bonds. The van der Waals surface area contributed by atoms with Gasteiger partial charge in [0.05, 0.1) is 0 Å². The van der Waals surface area contributed by atoms with Gasteiger partial charge in [0, 0.05) is 23.8 Å². The fraction of sp³-hybridized carbons (Fsp3) is 0.909. The Bertz CT molecular complexity index is 243. The van der Waals surface area contributed by atoms with E-state index in [0.29, 0.717) is 28.5 Å². The number of carbonyl (C=O) groups excluding carboxylic acids is 1. The van der Waals surface area contributed by atoms with Crippen LogP contribution >= 0.6 is 15.9 Å². The Labute approximate surface area is 94.2 Å². The van der Waals surface area contributed by atoms with Crippen molar-refractivity contribution in [2.45, 2.75) is 31.5 Å². The van der Waals surface area contributed by atoms with Gasteiger partial charge in [-0.2, -0.15) is 0 Å². The second-order valence-corrected chi connectivity index (χ2v) is 6.06. The van der Waals surface area contributed by atoms with E-state index in [9.17, 15) is 4.79 Å². The lowest BCUT2D eigenvalue weighted by atomic mass is 9.98. The zero-order valence-corrected chi connectivity index (χ0v) is 10.5. The van der Waals surface area contributed by atoms with Gasteiger partial charge in [-0.25, -0.2) is 0 Å². The summed E-state index contributed by atoms with van der Waals surface area (Å²) in [6.45, 7) is 6.29. The van der Waals surface area contributed by atoms with Crippen molar-refractivity contribution in [2.75, 3.05) is 13.1 Å². The number of amides is 1. The van der Waals surface area contributed by atoms with Crippen molar-refractivity contribution >= 4 is 21.8 Å². The van der Waals surface area contributed by atoms with E-state index in [1.165, 1.54) is 0 Å². The van der Waals surface area contributed by atoms with E-state index in [1.807, 2.05) is 4.90 Å². The Balaban J connectivity index is 1.90. The highest BCUT2D eigenvalue weighted by Crippen LogP contribution is 2.40. The lowest BCUT2D eigenvalue weighted by Gasteiger charge is -2.34. The zero-order chi connectivity index (χ0) is 10.3. The zero-order valence-electron chi connectivity index (χ0n) is 8.87. The molecule has 1 aliphatic carbocycles. The summed E-state index contributed by atoms with van der Waals surface area (Å²) in [4.78, 5) is 14.5. The third-order valence-electron chi connectivity index (χ3n) is 3.60. The van der Waals surface area contributed by atoms with Gasteiger partial charge in [0.1, 0.15) is 0 Å². The number of hydrogen-bond acceptors (Lipinski definition) is 1. The predicted octanol–water partition coefficient (Wildman–Crippen LogP) is 2.27. The average molecular weight is 260 g/mol. The van der Waals surface area contributed by atoms with Crippen molar-refractivity contribution in [3.8, 4) is 0 Å². The number of hydrogen-bond donors (Lipinski definition) is 0. The van der Waals surface area contributed by atoms with Gasteiger partial charge in [0.25, 0.3) is 0 Å². The Morgan fingerprint density at radius 1 is 1.36 bits per heavy atom. The third kappa shape index (κ3) is 1.97. The quantitative estimate of drug-likeness (QED) is 0.662. The molecule has 4 unspecified atom stereocenters. The average Bonchev–Trinajstić information content (AvgIpc) is 2.86. The van der Waals surface area contributed by atoms with Gasteiger partial charge in [-0.15, -0.1) is 0 Å². The maximum Gasteiger partial charge on any atom is 0.225 e. The molecule has 2 aliphatic rings. The molecule has 80 valence electrons. The first-order valence-electron chi connectivity index (χ1n) is 5.52. The van der Waals surface area contributed by atoms with Crippen LogP contribution in [0.15, 0.2) is 0 Å². The van der Waals surface area contributed by atoms with Crippen LogP contribution in [0, 0.1) is 17.8 Å². The highest BCUT2D eigenvalue weighted by Gasteiger charge is 2.42. The van der Waals surface area contributed by atoms with Crippen molar-refractivity contribution in [1.29, 1.82) is 0 Å². The highest BCUT2D eigenvalue weighted by atomic mass is 79.9. The van der Waals surface area contributed by atoms with Crippen molar-refractivity contribution in [3.05, 3.63) is 0 Å². The van der Waals surface area contributed by atoms with Gasteiger partial charge in [0.2, 0.25) is 5.91 Å². The van der Waals surface area contributed by atoms with E-state index < -0.39 is 0 Å². The lowest BCUT2D eigenvalue weighted by molar-refractivity contribution is -0.134. The summed E-state index contributed by atoms with van der Waals surface area (Å²) in [6.07, 6.45) is 2.25. The molecule has 1 heterocycles. The molecule has 2 rings (SSSR count). The molecule has 0 aromatic carbocycles. The molecule has 4 atom stereocenters. The summed E-state index contributed by atoms with van der Waals surface area (Å²) < 4.78 is 0. The highest BCUT2D eigenvalue weighted by molar-refractivity contribution is 9.09. The maximum atomic E-state index is 11.9. The Morgan fingerprint density at radius 2 is 2.00 bits per heavy atom. The lowest BCUT2D eigenvalue weighted by Crippen LogP contribution is -2.44. The van der Waals surface area contributed by atoms with E-state index >= 15 is 0 Å². The summed E-state index contributed by atoms with van der Waals surface area (Å²) in [5, 5.41) is 0. The molecule has 0 aromatic heterocycles. The molecular weight excluding hydrogens is 242 g/mol. The number of nitrogens with zero attached hydrogens (tertiary/aromatic N) is 1. The predicted molar refractivity (Wildman–Crippen MR) is 60.3 cm³/mol. The SMILES string of the molecule is CC1CCN(C(=O)C2CC2C)CC1Br. The molecule has 0 bridgehead atoms. The van der Waals surface area contributed by atoms with E-state index in [1.54, 1.807) is 0 Å². The second-order valence-electron chi connectivity index (χ2n) is 4.89. The van der Waals surface area contributed by atoms with Crippen LogP contribution in [0.25, 0.3) is 0 Å². The first-order chi connectivity index (χ1) is 6.59. The van der Waals surface area contributed by atoms with E-state index in [4.69, 9.17) is 0 Å². The van der Waals surface area contributed by atoms with Gasteiger partial charge < -0.3 is 4.90 Å². The van der Waals surface area contributed by atoms with Crippen LogP contribution < -0.4 is 0 Å². The van der Waals surface area contributed by atoms with Gasteiger partial charge in [-0.3, -0.25) is 4.79 Å². The van der Waals surface area contributed by atoms with Gasteiger partial charge in [-0.05, 0) is 24.7 Å². The summed E-state index contributed by atoms with van der Waals surface area (Å²) in [6, 6.07) is 0. The molecule has 0 spiro atoms. The molecule has 14 heavy (non-hydrogen) atoms. The fourth-order valence-corrected chi connectivity index (χ4v) is 2.74. The molecule has 0 N–H and O–H groups in total. The van der Waals surface area contributed by atoms with Crippen LogP contribution in [0.4, 0.5) is 0 Å². The first-order valence-corrected chi connectivity index (χ1v) is 6.44. The van der Waals surface area contributed by atoms with Gasteiger partial charge in [0.15, 0.2) is 0 Å². The summed E-state index contributed by atoms with van der Waals surface area (Å²) in [7, 11) is 0. The van der Waals surface area contributed by atoms with Crippen molar-refractivity contribution in [2.24, 2.45) is 17.8 Å². The molecule has 0 aromatic rings. The smallest absolute Gasteiger partial charge is 0.225 e. The van der Waals surface area contributed by atoms with Crippen LogP contribution in [0.2, 0.25) is 0 Å². The molecule has 1 saturated carbocycles. The van der Waals surface area contributed by atoms with Gasteiger partial charge in [-0.1, -0.05) is 29.8 Å². The Kier molecular flexibility index (Phi) is 2.87. The topological polar surface area (TPSA) is 20.3 Å². The van der Waals surface area contributed by atoms with Crippen LogP contribution in [0.1, 0.15) is 26.7 Å². The molecule has 2 nitrogen and oxygen atoms in total. The summed E-state index contributed by atoms with van der Waals surface area (Å²) >= 11 is 3.65. The standard InChI is InChI=1S/C11H18BrNO/c1-7-3-4-13(6-10(7)12)11(14)9-5-8(9)2/h7-10H,3-6H2,1-2H3. The van der Waals surface area contributed by atoms with E-state index in [0.717, 1.165) is 25.9 Å². The number of piperidine rings is 1. The number of carbonyl (C=O) groups is 1. The van der Waals surface area contributed by atoms with Crippen LogP contribution in [0.5, 0.6) is 0 Å². The summed E-state index contributed by atoms with van der Waals surface area (Å²) in [5.41, 5.74) is 0. The van der Waals surface area contributed by atoms with E-state index in [2.05, 4.69) is 29.8 Å². The first kappa shape index (κ1) is 10.5. The second kappa shape index (κ2) is 3.84. The Hall–Kier alpha value is -0.0500. The largest absolute Gasteiger partial charge is 0.341 e. The fourth-order valence-electron chi connectivity index (χ4n) is 2.12. The molecule has 0 radical (unpaired) electrons. The molecule has 1 aliphatic heterocycles. The number of likely N-dealkylation sites (tertiary alicyclic amines) is 1. The molecule has 2 fully saturated rings. The van der Waals surface area contributed by atoms with Crippen LogP contribution in [0.3, 0.4) is 0 Å². The summed E-state index contributed by atoms with van der Waals surface area (Å²) in [5.74, 6) is 2.09. The molecule has 1 saturated heterocycles. The minimum absolute atomic E-state index is 0.350. The third-order valence-corrected chi connectivity index (χ3v) is 4.80. The van der Waals surface area contributed by atoms with Crippen LogP contribution in [-0.4, -0.2) is 28.7 Å². The minimum Gasteiger partial charge on any atom is -0.341 e. The van der Waals surface area contributed by atoms with Crippen molar-refractivity contribution < 1.29 is 4.79 Å². The molecular formula is C11H18BrNO. The number of alkyl halides is 1.